The second-order valence-corrected chi connectivity index (χ2v) is 21.1. The molecule has 15 rings (SSSR count). The van der Waals surface area contributed by atoms with Gasteiger partial charge in [-0.2, -0.15) is 0 Å². The second-order valence-electron chi connectivity index (χ2n) is 16.9. The molecule has 0 saturated carbocycles. The zero-order valence-corrected chi connectivity index (χ0v) is 36.7. The van der Waals surface area contributed by atoms with Gasteiger partial charge in [0.2, 0.25) is 0 Å². The molecule has 63 heavy (non-hydrogen) atoms. The predicted molar refractivity (Wildman–Crippen MR) is 283 cm³/mol. The first-order chi connectivity index (χ1) is 31.1. The van der Waals surface area contributed by atoms with E-state index in [4.69, 9.17) is 0 Å². The number of nitrogens with zero attached hydrogens (tertiary/aromatic N) is 1. The topological polar surface area (TPSA) is 3.24 Å². The van der Waals surface area contributed by atoms with Gasteiger partial charge in [-0.25, -0.2) is 0 Å². The highest BCUT2D eigenvalue weighted by Gasteiger charge is 2.19. The molecule has 4 heterocycles. The highest BCUT2D eigenvalue weighted by Crippen LogP contribution is 2.49. The summed E-state index contributed by atoms with van der Waals surface area (Å²) in [4.78, 5) is 2.42. The molecule has 0 aliphatic heterocycles. The largest absolute Gasteiger partial charge is 0.310 e. The molecule has 292 valence electrons. The predicted octanol–water partition coefficient (Wildman–Crippen LogP) is 19.2. The van der Waals surface area contributed by atoms with Crippen LogP contribution < -0.4 is 4.90 Å². The van der Waals surface area contributed by atoms with Crippen LogP contribution in [0.2, 0.25) is 0 Å². The lowest BCUT2D eigenvalue weighted by Gasteiger charge is -2.26. The lowest BCUT2D eigenvalue weighted by atomic mass is 10.0. The van der Waals surface area contributed by atoms with Gasteiger partial charge in [0.05, 0.1) is 0 Å². The van der Waals surface area contributed by atoms with Crippen molar-refractivity contribution in [3.05, 3.63) is 188 Å². The highest BCUT2D eigenvalue weighted by molar-refractivity contribution is 7.30. The summed E-state index contributed by atoms with van der Waals surface area (Å²) in [5.74, 6) is 0. The third-order valence-corrected chi connectivity index (χ3v) is 17.9. The second kappa shape index (κ2) is 12.9. The van der Waals surface area contributed by atoms with E-state index in [0.717, 1.165) is 17.1 Å². The van der Waals surface area contributed by atoms with E-state index in [0.29, 0.717) is 0 Å². The average Bonchev–Trinajstić information content (AvgIpc) is 4.08. The Kier molecular flexibility index (Phi) is 7.08. The summed E-state index contributed by atoms with van der Waals surface area (Å²) in [6.45, 7) is 0. The Bertz CT molecular complexity index is 4180. The maximum Gasteiger partial charge on any atom is 0.0468 e. The molecule has 4 aromatic heterocycles. The van der Waals surface area contributed by atoms with Gasteiger partial charge in [-0.05, 0) is 140 Å². The van der Waals surface area contributed by atoms with Crippen LogP contribution in [0.3, 0.4) is 0 Å². The molecule has 15 aromatic rings. The van der Waals surface area contributed by atoms with Gasteiger partial charge in [-0.15, -0.1) is 45.3 Å². The summed E-state index contributed by atoms with van der Waals surface area (Å²) in [6, 6.07) is 70.8. The standard InChI is InChI=1S/C58H31NS4/c1-2-12-40(13-3-1)59(41-16-14-36-26-47-53(30-38(36)22-41)60-49-20-18-43-45-24-32-8-4-6-10-34(32)28-51(45)62-57(43)55(47)49)42-17-15-37-27-48-54(31-39(37)23-42)61-50-21-19-44-46-25-33-9-5-7-11-35(33)29-52(46)63-58(44)56(48)50/h1-31H. The van der Waals surface area contributed by atoms with Crippen molar-refractivity contribution in [3.63, 3.8) is 0 Å². The van der Waals surface area contributed by atoms with Crippen LogP contribution in [-0.4, -0.2) is 0 Å². The summed E-state index contributed by atoms with van der Waals surface area (Å²) in [7, 11) is 0. The number of benzene rings is 11. The van der Waals surface area contributed by atoms with Crippen molar-refractivity contribution in [1.29, 1.82) is 0 Å². The quantitative estimate of drug-likeness (QED) is 0.171. The summed E-state index contributed by atoms with van der Waals surface area (Å²) in [5, 5.41) is 21.1. The molecule has 0 fully saturated rings. The smallest absolute Gasteiger partial charge is 0.0468 e. The van der Waals surface area contributed by atoms with Crippen molar-refractivity contribution in [2.45, 2.75) is 0 Å². The van der Waals surface area contributed by atoms with Crippen LogP contribution >= 0.6 is 45.3 Å². The van der Waals surface area contributed by atoms with Gasteiger partial charge >= 0.3 is 0 Å². The minimum atomic E-state index is 1.14. The number of rotatable bonds is 3. The monoisotopic (exact) mass is 869 g/mol. The SMILES string of the molecule is c1ccc(N(c2ccc3cc4c(cc3c2)sc2ccc3c5cc6ccccc6cc5sc3c24)c2ccc3cc4c(cc3c2)sc2ccc3c5cc6ccccc6cc5sc3c24)cc1. The first kappa shape index (κ1) is 34.7. The van der Waals surface area contributed by atoms with Gasteiger partial charge in [-0.1, -0.05) is 91.0 Å². The molecule has 0 bridgehead atoms. The fraction of sp³-hybridized carbons (Fsp3) is 0. The Morgan fingerprint density at radius 3 is 1.13 bits per heavy atom. The zero-order chi connectivity index (χ0) is 40.9. The van der Waals surface area contributed by atoms with Gasteiger partial charge in [-0.3, -0.25) is 0 Å². The lowest BCUT2D eigenvalue weighted by molar-refractivity contribution is 1.29. The molecule has 0 aliphatic carbocycles. The molecular formula is C58H31NS4. The number of anilines is 3. The third-order valence-electron chi connectivity index (χ3n) is 13.3. The van der Waals surface area contributed by atoms with Crippen molar-refractivity contribution >= 4 is 186 Å². The molecule has 0 unspecified atom stereocenters. The van der Waals surface area contributed by atoms with Crippen molar-refractivity contribution in [2.75, 3.05) is 4.90 Å². The van der Waals surface area contributed by atoms with E-state index >= 15 is 0 Å². The Hall–Kier alpha value is -6.86. The van der Waals surface area contributed by atoms with Gasteiger partial charge < -0.3 is 4.90 Å². The molecular weight excluding hydrogens is 839 g/mol. The van der Waals surface area contributed by atoms with E-state index in [-0.39, 0.29) is 0 Å². The summed E-state index contributed by atoms with van der Waals surface area (Å²) in [6.07, 6.45) is 0. The van der Waals surface area contributed by atoms with E-state index in [1.165, 1.54) is 124 Å². The van der Waals surface area contributed by atoms with Gasteiger partial charge in [0.1, 0.15) is 0 Å². The van der Waals surface area contributed by atoms with Gasteiger partial charge in [0.15, 0.2) is 0 Å². The van der Waals surface area contributed by atoms with Crippen molar-refractivity contribution in [3.8, 4) is 0 Å². The van der Waals surface area contributed by atoms with E-state index in [2.05, 4.69) is 193 Å². The van der Waals surface area contributed by atoms with Crippen LogP contribution in [0.1, 0.15) is 0 Å². The van der Waals surface area contributed by atoms with Crippen LogP contribution in [-0.2, 0) is 0 Å². The molecule has 0 spiro atoms. The van der Waals surface area contributed by atoms with Gasteiger partial charge in [0, 0.05) is 97.8 Å². The highest BCUT2D eigenvalue weighted by atomic mass is 32.1. The van der Waals surface area contributed by atoms with Crippen LogP contribution in [0.15, 0.2) is 188 Å². The first-order valence-electron chi connectivity index (χ1n) is 21.3. The van der Waals surface area contributed by atoms with Crippen LogP contribution in [0.4, 0.5) is 17.1 Å². The minimum absolute atomic E-state index is 1.14. The van der Waals surface area contributed by atoms with E-state index in [1.54, 1.807) is 0 Å². The number of hydrogen-bond acceptors (Lipinski definition) is 5. The Labute approximate surface area is 376 Å². The molecule has 1 nitrogen and oxygen atoms in total. The number of para-hydroxylation sites is 1. The zero-order valence-electron chi connectivity index (χ0n) is 33.5. The van der Waals surface area contributed by atoms with Crippen molar-refractivity contribution < 1.29 is 0 Å². The first-order valence-corrected chi connectivity index (χ1v) is 24.6. The number of fused-ring (bicyclic) bond motifs is 18. The normalized spacial score (nSPS) is 12.4. The maximum atomic E-state index is 2.43. The molecule has 0 N–H and O–H groups in total. The minimum Gasteiger partial charge on any atom is -0.310 e. The molecule has 0 radical (unpaired) electrons. The van der Waals surface area contributed by atoms with Crippen LogP contribution in [0.5, 0.6) is 0 Å². The molecule has 0 atom stereocenters. The van der Waals surface area contributed by atoms with Crippen LogP contribution in [0.25, 0.3) is 124 Å². The maximum absolute atomic E-state index is 2.43. The summed E-state index contributed by atoms with van der Waals surface area (Å²) >= 11 is 7.70. The summed E-state index contributed by atoms with van der Waals surface area (Å²) < 4.78 is 10.8. The summed E-state index contributed by atoms with van der Waals surface area (Å²) in [5.41, 5.74) is 3.44. The molecule has 11 aromatic carbocycles. The fourth-order valence-electron chi connectivity index (χ4n) is 10.3. The lowest BCUT2D eigenvalue weighted by Crippen LogP contribution is -2.09. The Morgan fingerprint density at radius 2 is 0.635 bits per heavy atom. The number of hydrogen-bond donors (Lipinski definition) is 0. The average molecular weight is 870 g/mol. The van der Waals surface area contributed by atoms with Crippen molar-refractivity contribution in [2.24, 2.45) is 0 Å². The molecule has 0 saturated heterocycles. The van der Waals surface area contributed by atoms with Gasteiger partial charge in [0.25, 0.3) is 0 Å². The molecule has 0 amide bonds. The Balaban J connectivity index is 0.869. The van der Waals surface area contributed by atoms with Crippen molar-refractivity contribution in [1.82, 2.24) is 0 Å². The molecule has 0 aliphatic rings. The third kappa shape index (κ3) is 5.08. The Morgan fingerprint density at radius 1 is 0.238 bits per heavy atom. The van der Waals surface area contributed by atoms with E-state index in [9.17, 15) is 0 Å². The van der Waals surface area contributed by atoms with E-state index in [1.807, 2.05) is 45.3 Å². The van der Waals surface area contributed by atoms with Crippen LogP contribution in [0, 0.1) is 0 Å². The fourth-order valence-corrected chi connectivity index (χ4v) is 15.3. The van der Waals surface area contributed by atoms with E-state index < -0.39 is 0 Å². The number of thiophene rings is 4. The molecule has 5 heteroatoms.